The van der Waals surface area contributed by atoms with Crippen LogP contribution in [0.25, 0.3) is 0 Å². The summed E-state index contributed by atoms with van der Waals surface area (Å²) in [6.45, 7) is 6.02. The smallest absolute Gasteiger partial charge is 0.234 e. The topological polar surface area (TPSA) is 69.2 Å². The third-order valence-corrected chi connectivity index (χ3v) is 7.43. The van der Waals surface area contributed by atoms with Gasteiger partial charge < -0.3 is 20.3 Å². The molecular weight excluding hydrogens is 398 g/mol. The Morgan fingerprint density at radius 3 is 2.60 bits per heavy atom. The van der Waals surface area contributed by atoms with Crippen LogP contribution in [0.1, 0.15) is 37.0 Å². The molecule has 1 amide bonds. The fraction of sp³-hybridized carbons (Fsp3) is 0.727. The first kappa shape index (κ1) is 23.0. The Hall–Kier alpha value is -1.64. The van der Waals surface area contributed by atoms with Crippen molar-refractivity contribution < 1.29 is 9.53 Å². The first-order valence-corrected chi connectivity index (χ1v) is 12.0. The molecule has 2 N–H and O–H groups in total. The van der Waals surface area contributed by atoms with Gasteiger partial charge in [0, 0.05) is 63.7 Å². The molecule has 8 heteroatoms. The Morgan fingerprint density at radius 2 is 1.97 bits per heavy atom. The highest BCUT2D eigenvalue weighted by atomic mass is 32.1. The van der Waals surface area contributed by atoms with Crippen molar-refractivity contribution in [1.82, 2.24) is 20.4 Å². The molecule has 2 aliphatic rings. The van der Waals surface area contributed by atoms with E-state index in [2.05, 4.69) is 42.9 Å². The molecule has 0 aromatic carbocycles. The number of hydrogen-bond acceptors (Lipinski definition) is 5. The zero-order valence-electron chi connectivity index (χ0n) is 18.5. The molecule has 7 nitrogen and oxygen atoms in total. The van der Waals surface area contributed by atoms with E-state index >= 15 is 0 Å². The van der Waals surface area contributed by atoms with Gasteiger partial charge in [0.1, 0.15) is 0 Å². The number of rotatable bonds is 8. The van der Waals surface area contributed by atoms with Crippen LogP contribution in [-0.4, -0.2) is 88.2 Å². The van der Waals surface area contributed by atoms with E-state index < -0.39 is 0 Å². The van der Waals surface area contributed by atoms with E-state index in [1.165, 1.54) is 37.0 Å². The monoisotopic (exact) mass is 435 g/mol. The summed E-state index contributed by atoms with van der Waals surface area (Å²) in [6.07, 6.45) is 6.47. The second-order valence-corrected chi connectivity index (χ2v) is 9.27. The van der Waals surface area contributed by atoms with Gasteiger partial charge in [0.2, 0.25) is 5.91 Å². The lowest BCUT2D eigenvalue weighted by atomic mass is 9.73. The highest BCUT2D eigenvalue weighted by Gasteiger charge is 2.35. The summed E-state index contributed by atoms with van der Waals surface area (Å²) in [4.78, 5) is 22.6. The molecule has 0 radical (unpaired) electrons. The van der Waals surface area contributed by atoms with Crippen molar-refractivity contribution in [2.24, 2.45) is 4.99 Å². The predicted octanol–water partition coefficient (Wildman–Crippen LogP) is 1.91. The number of carbonyl (C=O) groups is 1. The summed E-state index contributed by atoms with van der Waals surface area (Å²) in [6, 6.07) is 4.48. The van der Waals surface area contributed by atoms with Crippen molar-refractivity contribution in [2.75, 3.05) is 66.6 Å². The number of thiophene rings is 1. The third kappa shape index (κ3) is 6.18. The van der Waals surface area contributed by atoms with Crippen LogP contribution in [0.3, 0.4) is 0 Å². The van der Waals surface area contributed by atoms with E-state index in [0.29, 0.717) is 19.7 Å². The van der Waals surface area contributed by atoms with Crippen LogP contribution in [0.2, 0.25) is 0 Å². The fourth-order valence-corrected chi connectivity index (χ4v) is 5.56. The number of ether oxygens (including phenoxy) is 1. The molecule has 1 aliphatic heterocycles. The highest BCUT2D eigenvalue weighted by molar-refractivity contribution is 7.10. The first-order valence-electron chi connectivity index (χ1n) is 11.1. The molecule has 0 spiro atoms. The molecule has 1 aliphatic carbocycles. The van der Waals surface area contributed by atoms with E-state index in [0.717, 1.165) is 38.7 Å². The summed E-state index contributed by atoms with van der Waals surface area (Å²) in [5.74, 6) is 1.05. The molecule has 3 rings (SSSR count). The highest BCUT2D eigenvalue weighted by Crippen LogP contribution is 2.41. The average molecular weight is 436 g/mol. The molecule has 2 fully saturated rings. The van der Waals surface area contributed by atoms with Crippen LogP contribution in [0, 0.1) is 0 Å². The van der Waals surface area contributed by atoms with E-state index in [9.17, 15) is 4.79 Å². The van der Waals surface area contributed by atoms with Gasteiger partial charge in [-0.25, -0.2) is 0 Å². The summed E-state index contributed by atoms with van der Waals surface area (Å²) in [5, 5.41) is 8.79. The molecule has 1 saturated carbocycles. The maximum absolute atomic E-state index is 12.0. The Kier molecular flexibility index (Phi) is 8.96. The summed E-state index contributed by atoms with van der Waals surface area (Å²) in [7, 11) is 3.51. The van der Waals surface area contributed by atoms with Crippen molar-refractivity contribution in [1.29, 1.82) is 0 Å². The number of piperazine rings is 1. The number of guanidine groups is 1. The number of nitrogens with one attached hydrogen (secondary N) is 2. The third-order valence-electron chi connectivity index (χ3n) is 6.32. The minimum Gasteiger partial charge on any atom is -0.383 e. The van der Waals surface area contributed by atoms with Crippen molar-refractivity contribution in [3.8, 4) is 0 Å². The second-order valence-electron chi connectivity index (χ2n) is 8.33. The lowest BCUT2D eigenvalue weighted by molar-refractivity contribution is -0.122. The molecule has 30 heavy (non-hydrogen) atoms. The standard InChI is InChI=1S/C22H37N5O2S/c1-23-21(25-18-22(8-4-3-5-9-22)19-7-6-16-30-19)27-13-11-26(12-14-27)17-20(28)24-10-15-29-2/h6-7,16H,3-5,8-15,17-18H2,1-2H3,(H,23,25)(H,24,28). The summed E-state index contributed by atoms with van der Waals surface area (Å²) in [5.41, 5.74) is 0.241. The molecule has 1 aromatic heterocycles. The second kappa shape index (κ2) is 11.7. The Morgan fingerprint density at radius 1 is 1.20 bits per heavy atom. The maximum atomic E-state index is 12.0. The first-order chi connectivity index (χ1) is 14.7. The van der Waals surface area contributed by atoms with Gasteiger partial charge >= 0.3 is 0 Å². The zero-order chi connectivity index (χ0) is 21.2. The minimum absolute atomic E-state index is 0.0678. The Labute approximate surface area is 184 Å². The van der Waals surface area contributed by atoms with Gasteiger partial charge in [0.05, 0.1) is 13.2 Å². The van der Waals surface area contributed by atoms with Crippen LogP contribution in [0.15, 0.2) is 22.5 Å². The maximum Gasteiger partial charge on any atom is 0.234 e. The number of amides is 1. The van der Waals surface area contributed by atoms with Gasteiger partial charge in [-0.3, -0.25) is 14.7 Å². The number of nitrogens with zero attached hydrogens (tertiary/aromatic N) is 3. The normalized spacial score (nSPS) is 20.2. The van der Waals surface area contributed by atoms with Crippen LogP contribution in [-0.2, 0) is 14.9 Å². The van der Waals surface area contributed by atoms with Crippen LogP contribution in [0.5, 0.6) is 0 Å². The van der Waals surface area contributed by atoms with Crippen molar-refractivity contribution in [3.63, 3.8) is 0 Å². The van der Waals surface area contributed by atoms with E-state index in [4.69, 9.17) is 4.74 Å². The average Bonchev–Trinajstić information content (AvgIpc) is 3.32. The number of hydrogen-bond donors (Lipinski definition) is 2. The van der Waals surface area contributed by atoms with Crippen molar-refractivity contribution in [3.05, 3.63) is 22.4 Å². The molecule has 1 saturated heterocycles. The van der Waals surface area contributed by atoms with Crippen LogP contribution >= 0.6 is 11.3 Å². The lowest BCUT2D eigenvalue weighted by Gasteiger charge is -2.40. The lowest BCUT2D eigenvalue weighted by Crippen LogP contribution is -2.55. The molecule has 2 heterocycles. The Bertz CT molecular complexity index is 665. The van der Waals surface area contributed by atoms with E-state index in [1.807, 2.05) is 18.4 Å². The van der Waals surface area contributed by atoms with Gasteiger partial charge in [-0.15, -0.1) is 11.3 Å². The van der Waals surface area contributed by atoms with Gasteiger partial charge in [0.15, 0.2) is 5.96 Å². The van der Waals surface area contributed by atoms with Gasteiger partial charge in [0.25, 0.3) is 0 Å². The fourth-order valence-electron chi connectivity index (χ4n) is 4.57. The van der Waals surface area contributed by atoms with Crippen molar-refractivity contribution in [2.45, 2.75) is 37.5 Å². The largest absolute Gasteiger partial charge is 0.383 e. The van der Waals surface area contributed by atoms with Gasteiger partial charge in [-0.05, 0) is 24.3 Å². The van der Waals surface area contributed by atoms with Crippen molar-refractivity contribution >= 4 is 23.2 Å². The quantitative estimate of drug-likeness (QED) is 0.371. The molecule has 0 unspecified atom stereocenters. The molecule has 0 bridgehead atoms. The number of aliphatic imine (C=N–C) groups is 1. The minimum atomic E-state index is 0.0678. The Balaban J connectivity index is 1.48. The van der Waals surface area contributed by atoms with E-state index in [1.54, 1.807) is 7.11 Å². The van der Waals surface area contributed by atoms with Crippen LogP contribution in [0.4, 0.5) is 0 Å². The molecule has 168 valence electrons. The SMILES string of the molecule is CN=C(NCC1(c2cccs2)CCCCC1)N1CCN(CC(=O)NCCOC)CC1. The molecular formula is C22H37N5O2S. The zero-order valence-corrected chi connectivity index (χ0v) is 19.3. The van der Waals surface area contributed by atoms with Gasteiger partial charge in [-0.1, -0.05) is 25.3 Å². The van der Waals surface area contributed by atoms with Gasteiger partial charge in [-0.2, -0.15) is 0 Å². The summed E-state index contributed by atoms with van der Waals surface area (Å²) >= 11 is 1.89. The number of carbonyl (C=O) groups excluding carboxylic acids is 1. The summed E-state index contributed by atoms with van der Waals surface area (Å²) < 4.78 is 4.98. The number of methoxy groups -OCH3 is 1. The molecule has 1 aromatic rings. The van der Waals surface area contributed by atoms with Crippen LogP contribution < -0.4 is 10.6 Å². The molecule has 0 atom stereocenters. The van der Waals surface area contributed by atoms with E-state index in [-0.39, 0.29) is 11.3 Å². The predicted molar refractivity (Wildman–Crippen MR) is 123 cm³/mol.